The molecule has 0 aliphatic heterocycles. The lowest BCUT2D eigenvalue weighted by molar-refractivity contribution is -0.141. The highest BCUT2D eigenvalue weighted by Crippen LogP contribution is 2.30. The number of nitrogens with zero attached hydrogens (tertiary/aromatic N) is 4. The maximum absolute atomic E-state index is 12.9. The fourth-order valence-corrected chi connectivity index (χ4v) is 2.96. The van der Waals surface area contributed by atoms with E-state index in [-0.39, 0.29) is 11.1 Å². The van der Waals surface area contributed by atoms with Gasteiger partial charge in [-0.05, 0) is 36.8 Å². The van der Waals surface area contributed by atoms with Crippen molar-refractivity contribution in [2.75, 3.05) is 0 Å². The third-order valence-corrected chi connectivity index (χ3v) is 4.30. The first-order valence-corrected chi connectivity index (χ1v) is 7.78. The van der Waals surface area contributed by atoms with Crippen LogP contribution >= 0.6 is 0 Å². The van der Waals surface area contributed by atoms with E-state index in [9.17, 15) is 18.0 Å². The molecule has 0 spiro atoms. The van der Waals surface area contributed by atoms with E-state index in [0.29, 0.717) is 22.2 Å². The molecule has 0 saturated heterocycles. The highest BCUT2D eigenvalue weighted by molar-refractivity contribution is 5.82. The summed E-state index contributed by atoms with van der Waals surface area (Å²) in [5.74, 6) is 0. The molecule has 0 N–H and O–H groups in total. The van der Waals surface area contributed by atoms with E-state index in [4.69, 9.17) is 0 Å². The Kier molecular flexibility index (Phi) is 3.40. The Labute approximate surface area is 145 Å². The van der Waals surface area contributed by atoms with E-state index in [1.54, 1.807) is 23.7 Å². The van der Waals surface area contributed by atoms with Gasteiger partial charge in [-0.2, -0.15) is 18.3 Å². The second kappa shape index (κ2) is 5.42. The van der Waals surface area contributed by atoms with E-state index >= 15 is 0 Å². The molecule has 0 atom stereocenters. The van der Waals surface area contributed by atoms with Crippen molar-refractivity contribution in [3.8, 4) is 11.3 Å². The van der Waals surface area contributed by atoms with Crippen LogP contribution in [0.3, 0.4) is 0 Å². The standard InChI is InChI=1S/C18H13F3N4O/c1-10-3-4-12-14(7-10)25-16(24(2)17(12)26)9-13(23-25)11-5-6-22-15(8-11)18(19,20)21/h3-9H,1-2H3. The minimum Gasteiger partial charge on any atom is -0.296 e. The molecule has 1 aromatic carbocycles. The summed E-state index contributed by atoms with van der Waals surface area (Å²) in [7, 11) is 1.61. The summed E-state index contributed by atoms with van der Waals surface area (Å²) in [6, 6.07) is 9.39. The average molecular weight is 358 g/mol. The van der Waals surface area contributed by atoms with Gasteiger partial charge in [0.1, 0.15) is 11.3 Å². The van der Waals surface area contributed by atoms with Crippen molar-refractivity contribution >= 4 is 16.6 Å². The van der Waals surface area contributed by atoms with Gasteiger partial charge in [-0.15, -0.1) is 0 Å². The molecule has 0 amide bonds. The molecule has 3 aromatic heterocycles. The van der Waals surface area contributed by atoms with Gasteiger partial charge >= 0.3 is 6.18 Å². The van der Waals surface area contributed by atoms with Crippen molar-refractivity contribution in [3.63, 3.8) is 0 Å². The molecule has 26 heavy (non-hydrogen) atoms. The topological polar surface area (TPSA) is 52.2 Å². The zero-order valence-corrected chi connectivity index (χ0v) is 13.9. The summed E-state index contributed by atoms with van der Waals surface area (Å²) in [5.41, 5.74) is 1.50. The van der Waals surface area contributed by atoms with Crippen LogP contribution in [0, 0.1) is 6.92 Å². The predicted octanol–water partition coefficient (Wildman–Crippen LogP) is 3.58. The minimum absolute atomic E-state index is 0.190. The van der Waals surface area contributed by atoms with Crippen molar-refractivity contribution in [2.24, 2.45) is 7.05 Å². The van der Waals surface area contributed by atoms with Gasteiger partial charge in [0, 0.05) is 24.9 Å². The number of hydrogen-bond acceptors (Lipinski definition) is 3. The molecule has 132 valence electrons. The van der Waals surface area contributed by atoms with Crippen LogP contribution in [0.5, 0.6) is 0 Å². The van der Waals surface area contributed by atoms with Crippen LogP contribution in [0.4, 0.5) is 13.2 Å². The highest BCUT2D eigenvalue weighted by Gasteiger charge is 2.32. The first-order chi connectivity index (χ1) is 12.3. The lowest BCUT2D eigenvalue weighted by atomic mass is 10.1. The van der Waals surface area contributed by atoms with Crippen molar-refractivity contribution < 1.29 is 13.2 Å². The molecule has 0 radical (unpaired) electrons. The van der Waals surface area contributed by atoms with Gasteiger partial charge in [0.2, 0.25) is 0 Å². The smallest absolute Gasteiger partial charge is 0.296 e. The fourth-order valence-electron chi connectivity index (χ4n) is 2.96. The highest BCUT2D eigenvalue weighted by atomic mass is 19.4. The van der Waals surface area contributed by atoms with Gasteiger partial charge in [-0.1, -0.05) is 6.07 Å². The summed E-state index contributed by atoms with van der Waals surface area (Å²) >= 11 is 0. The molecule has 0 fully saturated rings. The van der Waals surface area contributed by atoms with Gasteiger partial charge in [0.25, 0.3) is 5.56 Å². The molecule has 0 aliphatic rings. The second-order valence-corrected chi connectivity index (χ2v) is 6.11. The summed E-state index contributed by atoms with van der Waals surface area (Å²) in [6.45, 7) is 1.89. The van der Waals surface area contributed by atoms with Crippen molar-refractivity contribution in [1.82, 2.24) is 19.2 Å². The number of pyridine rings is 1. The van der Waals surface area contributed by atoms with E-state index < -0.39 is 11.9 Å². The van der Waals surface area contributed by atoms with Gasteiger partial charge in [0.15, 0.2) is 0 Å². The van der Waals surface area contributed by atoms with Gasteiger partial charge in [-0.3, -0.25) is 14.3 Å². The minimum atomic E-state index is -4.54. The Hall–Kier alpha value is -3.16. The zero-order valence-electron chi connectivity index (χ0n) is 13.9. The number of aromatic nitrogens is 4. The first kappa shape index (κ1) is 16.3. The Balaban J connectivity index is 2.02. The van der Waals surface area contributed by atoms with Crippen LogP contribution in [-0.4, -0.2) is 19.2 Å². The third kappa shape index (κ3) is 2.45. The quantitative estimate of drug-likeness (QED) is 0.523. The van der Waals surface area contributed by atoms with Gasteiger partial charge in [-0.25, -0.2) is 4.52 Å². The van der Waals surface area contributed by atoms with E-state index in [1.807, 2.05) is 19.1 Å². The number of rotatable bonds is 1. The second-order valence-electron chi connectivity index (χ2n) is 6.11. The Morgan fingerprint density at radius 2 is 1.85 bits per heavy atom. The number of benzene rings is 1. The van der Waals surface area contributed by atoms with Gasteiger partial charge in [0.05, 0.1) is 16.6 Å². The molecule has 5 nitrogen and oxygen atoms in total. The number of halogens is 3. The molecular formula is C18H13F3N4O. The third-order valence-electron chi connectivity index (χ3n) is 4.30. The Morgan fingerprint density at radius 3 is 2.58 bits per heavy atom. The number of alkyl halides is 3. The summed E-state index contributed by atoms with van der Waals surface area (Å²) in [6.07, 6.45) is -3.44. The fraction of sp³-hybridized carbons (Fsp3) is 0.167. The molecule has 0 saturated carbocycles. The molecule has 8 heteroatoms. The van der Waals surface area contributed by atoms with E-state index in [0.717, 1.165) is 17.8 Å². The van der Waals surface area contributed by atoms with E-state index in [2.05, 4.69) is 10.1 Å². The maximum atomic E-state index is 12.9. The molecule has 0 aliphatic carbocycles. The lowest BCUT2D eigenvalue weighted by Crippen LogP contribution is -2.19. The van der Waals surface area contributed by atoms with Crippen LogP contribution in [-0.2, 0) is 13.2 Å². The molecular weight excluding hydrogens is 345 g/mol. The summed E-state index contributed by atoms with van der Waals surface area (Å²) in [4.78, 5) is 15.9. The zero-order chi connectivity index (χ0) is 18.6. The van der Waals surface area contributed by atoms with Crippen molar-refractivity contribution in [2.45, 2.75) is 13.1 Å². The SMILES string of the molecule is Cc1ccc2c(=O)n(C)c3cc(-c4ccnc(C(F)(F)F)c4)nn3c2c1. The first-order valence-electron chi connectivity index (χ1n) is 7.78. The molecule has 0 bridgehead atoms. The van der Waals surface area contributed by atoms with Crippen molar-refractivity contribution in [1.29, 1.82) is 0 Å². The van der Waals surface area contributed by atoms with Crippen LogP contribution in [0.25, 0.3) is 27.8 Å². The Morgan fingerprint density at radius 1 is 1.08 bits per heavy atom. The van der Waals surface area contributed by atoms with Crippen LogP contribution in [0.15, 0.2) is 47.4 Å². The van der Waals surface area contributed by atoms with Crippen LogP contribution in [0.1, 0.15) is 11.3 Å². The monoisotopic (exact) mass is 358 g/mol. The number of aryl methyl sites for hydroxylation is 2. The number of fused-ring (bicyclic) bond motifs is 3. The maximum Gasteiger partial charge on any atom is 0.433 e. The molecule has 4 aromatic rings. The predicted molar refractivity (Wildman–Crippen MR) is 90.9 cm³/mol. The molecule has 4 rings (SSSR count). The normalized spacial score (nSPS) is 12.2. The largest absolute Gasteiger partial charge is 0.433 e. The van der Waals surface area contributed by atoms with Crippen LogP contribution in [0.2, 0.25) is 0 Å². The Bertz CT molecular complexity index is 1220. The van der Waals surface area contributed by atoms with E-state index in [1.165, 1.54) is 10.6 Å². The van der Waals surface area contributed by atoms with Gasteiger partial charge < -0.3 is 0 Å². The average Bonchev–Trinajstić information content (AvgIpc) is 3.05. The van der Waals surface area contributed by atoms with Crippen LogP contribution < -0.4 is 5.56 Å². The number of hydrogen-bond donors (Lipinski definition) is 0. The van der Waals surface area contributed by atoms with Crippen molar-refractivity contribution in [3.05, 3.63) is 64.2 Å². The molecule has 3 heterocycles. The summed E-state index contributed by atoms with van der Waals surface area (Å²) in [5, 5.41) is 4.93. The molecule has 0 unspecified atom stereocenters. The summed E-state index contributed by atoms with van der Waals surface area (Å²) < 4.78 is 41.8. The lowest BCUT2D eigenvalue weighted by Gasteiger charge is -2.06.